The van der Waals surface area contributed by atoms with Crippen LogP contribution in [0.2, 0.25) is 0 Å². The van der Waals surface area contributed by atoms with Crippen LogP contribution < -0.4 is 5.32 Å². The van der Waals surface area contributed by atoms with Crippen molar-refractivity contribution in [2.24, 2.45) is 0 Å². The van der Waals surface area contributed by atoms with Gasteiger partial charge < -0.3 is 5.32 Å². The molecule has 0 aliphatic carbocycles. The summed E-state index contributed by atoms with van der Waals surface area (Å²) >= 11 is 1.16. The molecule has 0 unspecified atom stereocenters. The summed E-state index contributed by atoms with van der Waals surface area (Å²) in [7, 11) is 0. The molecule has 78 valence electrons. The molecule has 0 radical (unpaired) electrons. The smallest absolute Gasteiger partial charge is 0.272 e. The molecule has 1 N–H and O–H groups in total. The van der Waals surface area contributed by atoms with Crippen LogP contribution in [0.15, 0.2) is 11.4 Å². The first-order valence-corrected chi connectivity index (χ1v) is 5.75. The number of nitrogens with one attached hydrogen (secondary N) is 1. The van der Waals surface area contributed by atoms with Crippen molar-refractivity contribution in [2.75, 3.05) is 6.54 Å². The van der Waals surface area contributed by atoms with E-state index in [4.69, 9.17) is 0 Å². The molecule has 1 saturated heterocycles. The lowest BCUT2D eigenvalue weighted by Crippen LogP contribution is -2.26. The van der Waals surface area contributed by atoms with Crippen molar-refractivity contribution in [1.82, 2.24) is 5.32 Å². The van der Waals surface area contributed by atoms with Gasteiger partial charge >= 0.3 is 0 Å². The van der Waals surface area contributed by atoms with E-state index in [1.165, 1.54) is 12.8 Å². The standard InChI is InChI=1S/C10H13F2NS/c11-10(12)9-5-7(6-14-9)8-3-1-2-4-13-8/h5-6,8,10,13H,1-4H2/t8-/m1/s1. The summed E-state index contributed by atoms with van der Waals surface area (Å²) in [6.45, 7) is 1.00. The molecule has 1 aromatic heterocycles. The Morgan fingerprint density at radius 3 is 2.86 bits per heavy atom. The zero-order chi connectivity index (χ0) is 9.97. The fraction of sp³-hybridized carbons (Fsp3) is 0.600. The van der Waals surface area contributed by atoms with E-state index in [1.54, 1.807) is 6.07 Å². The van der Waals surface area contributed by atoms with Crippen LogP contribution in [0.5, 0.6) is 0 Å². The predicted molar refractivity (Wildman–Crippen MR) is 53.9 cm³/mol. The molecule has 0 spiro atoms. The maximum atomic E-state index is 12.3. The van der Waals surface area contributed by atoms with Crippen molar-refractivity contribution in [1.29, 1.82) is 0 Å². The topological polar surface area (TPSA) is 12.0 Å². The van der Waals surface area contributed by atoms with Gasteiger partial charge in [-0.15, -0.1) is 11.3 Å². The number of hydrogen-bond acceptors (Lipinski definition) is 2. The molecule has 1 aliphatic rings. The largest absolute Gasteiger partial charge is 0.310 e. The highest BCUT2D eigenvalue weighted by Crippen LogP contribution is 2.31. The van der Waals surface area contributed by atoms with Crippen molar-refractivity contribution in [3.05, 3.63) is 21.9 Å². The van der Waals surface area contributed by atoms with Gasteiger partial charge in [-0.05, 0) is 36.4 Å². The summed E-state index contributed by atoms with van der Waals surface area (Å²) in [5, 5.41) is 5.20. The van der Waals surface area contributed by atoms with Gasteiger partial charge in [-0.2, -0.15) is 0 Å². The first-order chi connectivity index (χ1) is 6.77. The Balaban J connectivity index is 2.07. The Kier molecular flexibility index (Phi) is 3.13. The molecule has 1 atom stereocenters. The molecule has 1 fully saturated rings. The molecule has 1 nitrogen and oxygen atoms in total. The Morgan fingerprint density at radius 2 is 2.29 bits per heavy atom. The van der Waals surface area contributed by atoms with Crippen LogP contribution >= 0.6 is 11.3 Å². The third kappa shape index (κ3) is 2.12. The molecule has 2 heterocycles. The Labute approximate surface area is 86.1 Å². The molecule has 14 heavy (non-hydrogen) atoms. The summed E-state index contributed by atoms with van der Waals surface area (Å²) in [5.74, 6) is 0. The van der Waals surface area contributed by atoms with E-state index in [9.17, 15) is 8.78 Å². The number of piperidine rings is 1. The predicted octanol–water partition coefficient (Wildman–Crippen LogP) is 3.50. The van der Waals surface area contributed by atoms with Crippen LogP contribution in [0.1, 0.15) is 42.2 Å². The van der Waals surface area contributed by atoms with Gasteiger partial charge in [-0.3, -0.25) is 0 Å². The van der Waals surface area contributed by atoms with Crippen molar-refractivity contribution in [3.63, 3.8) is 0 Å². The normalized spacial score (nSPS) is 22.9. The highest BCUT2D eigenvalue weighted by atomic mass is 32.1. The summed E-state index contributed by atoms with van der Waals surface area (Å²) < 4.78 is 24.7. The number of rotatable bonds is 2. The van der Waals surface area contributed by atoms with E-state index in [0.717, 1.165) is 29.9 Å². The molecule has 1 aromatic rings. The minimum absolute atomic E-state index is 0.187. The van der Waals surface area contributed by atoms with Crippen LogP contribution in [-0.4, -0.2) is 6.54 Å². The van der Waals surface area contributed by atoms with Crippen molar-refractivity contribution < 1.29 is 8.78 Å². The van der Waals surface area contributed by atoms with Crippen molar-refractivity contribution in [2.45, 2.75) is 31.7 Å². The first kappa shape index (κ1) is 10.1. The Bertz CT molecular complexity index is 292. The second-order valence-electron chi connectivity index (χ2n) is 3.59. The third-order valence-electron chi connectivity index (χ3n) is 2.57. The number of alkyl halides is 2. The summed E-state index contributed by atoms with van der Waals surface area (Å²) in [6, 6.07) is 1.94. The molecule has 2 rings (SSSR count). The average Bonchev–Trinajstić information content (AvgIpc) is 2.68. The average molecular weight is 217 g/mol. The maximum absolute atomic E-state index is 12.3. The van der Waals surface area contributed by atoms with Gasteiger partial charge in [0, 0.05) is 6.04 Å². The Morgan fingerprint density at radius 1 is 1.43 bits per heavy atom. The minimum atomic E-state index is -2.32. The zero-order valence-electron chi connectivity index (χ0n) is 7.80. The molecule has 0 saturated carbocycles. The van der Waals surface area contributed by atoms with Crippen molar-refractivity contribution in [3.8, 4) is 0 Å². The third-order valence-corrected chi connectivity index (χ3v) is 3.53. The van der Waals surface area contributed by atoms with Crippen LogP contribution in [0.3, 0.4) is 0 Å². The summed E-state index contributed by atoms with van der Waals surface area (Å²) in [4.78, 5) is 0.187. The first-order valence-electron chi connectivity index (χ1n) is 4.87. The van der Waals surface area contributed by atoms with Crippen LogP contribution in [0, 0.1) is 0 Å². The van der Waals surface area contributed by atoms with Crippen LogP contribution in [-0.2, 0) is 0 Å². The zero-order valence-corrected chi connectivity index (χ0v) is 8.62. The molecular weight excluding hydrogens is 204 g/mol. The molecular formula is C10H13F2NS. The van der Waals surface area contributed by atoms with E-state index in [2.05, 4.69) is 5.32 Å². The number of thiophene rings is 1. The second-order valence-corrected chi connectivity index (χ2v) is 4.53. The molecule has 0 bridgehead atoms. The monoisotopic (exact) mass is 217 g/mol. The van der Waals surface area contributed by atoms with E-state index < -0.39 is 6.43 Å². The second kappa shape index (κ2) is 4.36. The van der Waals surface area contributed by atoms with Gasteiger partial charge in [0.25, 0.3) is 6.43 Å². The SMILES string of the molecule is FC(F)c1cc([C@H]2CCCCN2)cs1. The molecule has 1 aliphatic heterocycles. The van der Waals surface area contributed by atoms with Gasteiger partial charge in [-0.1, -0.05) is 6.42 Å². The number of halogens is 2. The van der Waals surface area contributed by atoms with E-state index >= 15 is 0 Å². The quantitative estimate of drug-likeness (QED) is 0.799. The molecule has 0 aromatic carbocycles. The van der Waals surface area contributed by atoms with E-state index in [-0.39, 0.29) is 4.88 Å². The minimum Gasteiger partial charge on any atom is -0.310 e. The fourth-order valence-corrected chi connectivity index (χ4v) is 2.61. The summed E-state index contributed by atoms with van der Waals surface area (Å²) in [5.41, 5.74) is 1.03. The van der Waals surface area contributed by atoms with Crippen molar-refractivity contribution >= 4 is 11.3 Å². The van der Waals surface area contributed by atoms with Crippen LogP contribution in [0.4, 0.5) is 8.78 Å². The van der Waals surface area contributed by atoms with Gasteiger partial charge in [0.2, 0.25) is 0 Å². The highest BCUT2D eigenvalue weighted by molar-refractivity contribution is 7.10. The Hall–Kier alpha value is -0.480. The van der Waals surface area contributed by atoms with E-state index in [1.807, 2.05) is 5.38 Å². The number of hydrogen-bond donors (Lipinski definition) is 1. The summed E-state index contributed by atoms with van der Waals surface area (Å²) in [6.07, 6.45) is 1.14. The van der Waals surface area contributed by atoms with Gasteiger partial charge in [0.05, 0.1) is 4.88 Å². The van der Waals surface area contributed by atoms with Crippen LogP contribution in [0.25, 0.3) is 0 Å². The van der Waals surface area contributed by atoms with Gasteiger partial charge in [0.1, 0.15) is 0 Å². The molecule has 0 amide bonds. The fourth-order valence-electron chi connectivity index (χ4n) is 1.80. The molecule has 4 heteroatoms. The van der Waals surface area contributed by atoms with Gasteiger partial charge in [0.15, 0.2) is 0 Å². The van der Waals surface area contributed by atoms with Gasteiger partial charge in [-0.25, -0.2) is 8.78 Å². The lowest BCUT2D eigenvalue weighted by Gasteiger charge is -2.22. The lowest BCUT2D eigenvalue weighted by atomic mass is 10.00. The highest BCUT2D eigenvalue weighted by Gasteiger charge is 2.18. The lowest BCUT2D eigenvalue weighted by molar-refractivity contribution is 0.155. The van der Waals surface area contributed by atoms with E-state index in [0.29, 0.717) is 6.04 Å². The maximum Gasteiger partial charge on any atom is 0.272 e.